The Hall–Kier alpha value is -2.04. The van der Waals surface area contributed by atoms with E-state index in [1.54, 1.807) is 0 Å². The number of benzene rings is 1. The summed E-state index contributed by atoms with van der Waals surface area (Å²) in [7, 11) is 0. The number of hydrogen-bond acceptors (Lipinski definition) is 3. The molecule has 3 aliphatic heterocycles. The van der Waals surface area contributed by atoms with Gasteiger partial charge in [-0.25, -0.2) is 0 Å². The molecular weight excluding hydrogens is 328 g/mol. The van der Waals surface area contributed by atoms with E-state index in [2.05, 4.69) is 10.2 Å². The van der Waals surface area contributed by atoms with Crippen molar-refractivity contribution in [3.05, 3.63) is 23.8 Å². The lowest BCUT2D eigenvalue weighted by Gasteiger charge is -2.38. The van der Waals surface area contributed by atoms with Gasteiger partial charge in [-0.15, -0.1) is 0 Å². The van der Waals surface area contributed by atoms with Crippen LogP contribution in [0, 0.1) is 17.8 Å². The van der Waals surface area contributed by atoms with E-state index in [1.807, 2.05) is 18.2 Å². The quantitative estimate of drug-likeness (QED) is 0.908. The van der Waals surface area contributed by atoms with Crippen molar-refractivity contribution in [1.29, 1.82) is 0 Å². The molecule has 2 saturated heterocycles. The molecule has 2 saturated carbocycles. The van der Waals surface area contributed by atoms with E-state index in [-0.39, 0.29) is 18.4 Å². The summed E-state index contributed by atoms with van der Waals surface area (Å²) in [5, 5.41) is 2.87. The first-order valence-electron chi connectivity index (χ1n) is 9.99. The number of aryl methyl sites for hydroxylation is 1. The summed E-state index contributed by atoms with van der Waals surface area (Å²) < 4.78 is 5.84. The molecule has 3 heterocycles. The van der Waals surface area contributed by atoms with Gasteiger partial charge in [-0.2, -0.15) is 0 Å². The fraction of sp³-hybridized carbons (Fsp3) is 0.619. The van der Waals surface area contributed by atoms with Crippen molar-refractivity contribution in [2.45, 2.75) is 51.0 Å². The SMILES string of the molecule is O=C1CCc2cc(OCC(=O)N3CC4CC5CC(C4)CC3C5)ccc2N1. The summed E-state index contributed by atoms with van der Waals surface area (Å²) in [6.07, 6.45) is 7.63. The van der Waals surface area contributed by atoms with Crippen molar-refractivity contribution in [2.24, 2.45) is 17.8 Å². The third kappa shape index (κ3) is 2.97. The van der Waals surface area contributed by atoms with E-state index in [0.717, 1.165) is 36.1 Å². The Balaban J connectivity index is 1.24. The van der Waals surface area contributed by atoms with Gasteiger partial charge in [0.2, 0.25) is 5.91 Å². The first-order valence-corrected chi connectivity index (χ1v) is 9.99. The number of carbonyl (C=O) groups excluding carboxylic acids is 2. The van der Waals surface area contributed by atoms with Crippen LogP contribution in [0.2, 0.25) is 0 Å². The molecule has 2 unspecified atom stereocenters. The fourth-order valence-corrected chi connectivity index (χ4v) is 5.77. The van der Waals surface area contributed by atoms with Crippen LogP contribution < -0.4 is 10.1 Å². The second-order valence-electron chi connectivity index (χ2n) is 8.63. The molecule has 5 nitrogen and oxygen atoms in total. The number of rotatable bonds is 3. The summed E-state index contributed by atoms with van der Waals surface area (Å²) in [4.78, 5) is 26.4. The van der Waals surface area contributed by atoms with Crippen molar-refractivity contribution < 1.29 is 14.3 Å². The number of hydrogen-bond donors (Lipinski definition) is 1. The summed E-state index contributed by atoms with van der Waals surface area (Å²) in [6, 6.07) is 6.10. The van der Waals surface area contributed by atoms with E-state index in [0.29, 0.717) is 24.1 Å². The van der Waals surface area contributed by atoms with Crippen LogP contribution in [0.25, 0.3) is 0 Å². The molecule has 4 fully saturated rings. The molecule has 138 valence electrons. The van der Waals surface area contributed by atoms with Crippen molar-refractivity contribution in [1.82, 2.24) is 4.90 Å². The number of fused-ring (bicyclic) bond motifs is 2. The monoisotopic (exact) mass is 354 g/mol. The second-order valence-corrected chi connectivity index (χ2v) is 8.63. The van der Waals surface area contributed by atoms with Gasteiger partial charge in [-0.1, -0.05) is 0 Å². The van der Waals surface area contributed by atoms with Gasteiger partial charge in [0, 0.05) is 24.7 Å². The fourth-order valence-electron chi connectivity index (χ4n) is 5.77. The molecule has 0 aromatic heterocycles. The number of carbonyl (C=O) groups is 2. The van der Waals surface area contributed by atoms with Crippen LogP contribution in [0.4, 0.5) is 5.69 Å². The van der Waals surface area contributed by atoms with E-state index in [4.69, 9.17) is 4.74 Å². The highest BCUT2D eigenvalue weighted by molar-refractivity contribution is 5.94. The highest BCUT2D eigenvalue weighted by Crippen LogP contribution is 2.47. The number of anilines is 1. The van der Waals surface area contributed by atoms with Gasteiger partial charge in [0.05, 0.1) is 0 Å². The average Bonchev–Trinajstić information content (AvgIpc) is 2.83. The third-order valence-electron chi connectivity index (χ3n) is 6.76. The van der Waals surface area contributed by atoms with Crippen molar-refractivity contribution in [2.75, 3.05) is 18.5 Å². The molecule has 1 aromatic carbocycles. The van der Waals surface area contributed by atoms with E-state index in [1.165, 1.54) is 32.1 Å². The largest absolute Gasteiger partial charge is 0.484 e. The highest BCUT2D eigenvalue weighted by Gasteiger charge is 2.43. The Morgan fingerprint density at radius 2 is 1.85 bits per heavy atom. The lowest BCUT2D eigenvalue weighted by Crippen LogP contribution is -2.44. The molecule has 2 amide bonds. The molecular formula is C21H26N2O3. The number of amides is 2. The number of nitrogens with one attached hydrogen (secondary N) is 1. The third-order valence-corrected chi connectivity index (χ3v) is 6.76. The van der Waals surface area contributed by atoms with Crippen LogP contribution in [-0.2, 0) is 16.0 Å². The Bertz CT molecular complexity index is 733. The van der Waals surface area contributed by atoms with Crippen molar-refractivity contribution >= 4 is 17.5 Å². The van der Waals surface area contributed by atoms with Crippen LogP contribution in [-0.4, -0.2) is 35.9 Å². The summed E-state index contributed by atoms with van der Waals surface area (Å²) in [5.74, 6) is 3.29. The molecule has 5 aliphatic rings. The van der Waals surface area contributed by atoms with Gasteiger partial charge in [0.1, 0.15) is 5.75 Å². The zero-order valence-corrected chi connectivity index (χ0v) is 15.1. The lowest BCUT2D eigenvalue weighted by molar-refractivity contribution is -0.136. The molecule has 5 heteroatoms. The minimum atomic E-state index is 0.0617. The van der Waals surface area contributed by atoms with E-state index >= 15 is 0 Å². The Kier molecular flexibility index (Phi) is 3.91. The van der Waals surface area contributed by atoms with E-state index < -0.39 is 0 Å². The van der Waals surface area contributed by atoms with Gasteiger partial charge in [0.15, 0.2) is 6.61 Å². The van der Waals surface area contributed by atoms with Crippen LogP contribution in [0.1, 0.15) is 44.1 Å². The van der Waals surface area contributed by atoms with Crippen LogP contribution >= 0.6 is 0 Å². The van der Waals surface area contributed by atoms with Gasteiger partial charge in [-0.3, -0.25) is 9.59 Å². The van der Waals surface area contributed by atoms with Gasteiger partial charge >= 0.3 is 0 Å². The van der Waals surface area contributed by atoms with Gasteiger partial charge < -0.3 is 15.0 Å². The maximum absolute atomic E-state index is 12.9. The average molecular weight is 354 g/mol. The summed E-state index contributed by atoms with van der Waals surface area (Å²) in [5.41, 5.74) is 1.95. The van der Waals surface area contributed by atoms with Crippen LogP contribution in [0.5, 0.6) is 5.75 Å². The topological polar surface area (TPSA) is 58.6 Å². The molecule has 6 rings (SSSR count). The normalized spacial score (nSPS) is 32.0. The molecule has 2 atom stereocenters. The molecule has 2 aliphatic carbocycles. The zero-order valence-electron chi connectivity index (χ0n) is 15.1. The summed E-state index contributed by atoms with van der Waals surface area (Å²) >= 11 is 0. The maximum atomic E-state index is 12.9. The number of nitrogens with zero attached hydrogens (tertiary/aromatic N) is 1. The molecule has 0 radical (unpaired) electrons. The summed E-state index contributed by atoms with van der Waals surface area (Å²) in [6.45, 7) is 1.04. The minimum absolute atomic E-state index is 0.0617. The van der Waals surface area contributed by atoms with E-state index in [9.17, 15) is 9.59 Å². The molecule has 26 heavy (non-hydrogen) atoms. The molecule has 0 spiro atoms. The molecule has 1 aromatic rings. The van der Waals surface area contributed by atoms with Crippen LogP contribution in [0.15, 0.2) is 18.2 Å². The molecule has 4 bridgehead atoms. The predicted octanol–water partition coefficient (Wildman–Crippen LogP) is 2.99. The minimum Gasteiger partial charge on any atom is -0.484 e. The second kappa shape index (κ2) is 6.29. The first-order chi connectivity index (χ1) is 12.6. The Morgan fingerprint density at radius 1 is 1.08 bits per heavy atom. The zero-order chi connectivity index (χ0) is 17.7. The Labute approximate surface area is 154 Å². The smallest absolute Gasteiger partial charge is 0.260 e. The van der Waals surface area contributed by atoms with Crippen molar-refractivity contribution in [3.63, 3.8) is 0 Å². The van der Waals surface area contributed by atoms with Crippen molar-refractivity contribution in [3.8, 4) is 5.75 Å². The van der Waals surface area contributed by atoms with Crippen LogP contribution in [0.3, 0.4) is 0 Å². The van der Waals surface area contributed by atoms with Gasteiger partial charge in [-0.05, 0) is 80.0 Å². The predicted molar refractivity (Wildman–Crippen MR) is 97.9 cm³/mol. The standard InChI is InChI=1S/C21H26N2O3/c24-20-4-1-16-10-18(2-3-19(16)22-20)26-12-21(25)23-11-15-6-13-5-14(7-15)9-17(23)8-13/h2-3,10,13-15,17H,1,4-9,11-12H2,(H,22,24). The molecule has 1 N–H and O–H groups in total. The maximum Gasteiger partial charge on any atom is 0.260 e. The Morgan fingerprint density at radius 3 is 2.65 bits per heavy atom. The highest BCUT2D eigenvalue weighted by atomic mass is 16.5. The lowest BCUT2D eigenvalue weighted by atomic mass is 9.68. The number of ether oxygens (including phenoxy) is 1. The first kappa shape index (κ1) is 16.2. The van der Waals surface area contributed by atoms with Gasteiger partial charge in [0.25, 0.3) is 5.91 Å².